The Kier molecular flexibility index (Phi) is 2.99. The van der Waals surface area contributed by atoms with Crippen molar-refractivity contribution in [2.45, 2.75) is 18.0 Å². The molecule has 20 heavy (non-hydrogen) atoms. The smallest absolute Gasteiger partial charge is 0.330 e. The molecule has 1 aromatic heterocycles. The summed E-state index contributed by atoms with van der Waals surface area (Å²) >= 11 is 5.88. The Morgan fingerprint density at radius 2 is 2.15 bits per heavy atom. The molecule has 0 bridgehead atoms. The van der Waals surface area contributed by atoms with Gasteiger partial charge in [0.25, 0.3) is 0 Å². The van der Waals surface area contributed by atoms with Crippen molar-refractivity contribution in [3.63, 3.8) is 0 Å². The fraction of sp³-hybridized carbons (Fsp3) is 0.462. The minimum atomic E-state index is -4.34. The zero-order chi connectivity index (χ0) is 14.5. The number of hydrogen-bond donors (Lipinski definition) is 1. The Hall–Kier alpha value is -1.27. The van der Waals surface area contributed by atoms with Gasteiger partial charge < -0.3 is 9.88 Å². The fourth-order valence-electron chi connectivity index (χ4n) is 2.85. The average molecular weight is 304 g/mol. The lowest BCUT2D eigenvalue weighted by Gasteiger charge is -2.30. The predicted molar refractivity (Wildman–Crippen MR) is 70.9 cm³/mol. The molecule has 108 valence electrons. The Balaban J connectivity index is 2.25. The molecular formula is C13H13ClF3N3. The molecule has 0 spiro atoms. The van der Waals surface area contributed by atoms with Gasteiger partial charge in [0.15, 0.2) is 0 Å². The van der Waals surface area contributed by atoms with E-state index in [1.54, 1.807) is 25.2 Å². The normalized spacial score (nSPS) is 23.6. The first kappa shape index (κ1) is 13.7. The summed E-state index contributed by atoms with van der Waals surface area (Å²) in [5, 5.41) is 3.27. The van der Waals surface area contributed by atoms with Crippen LogP contribution < -0.4 is 5.32 Å². The third kappa shape index (κ3) is 1.82. The minimum absolute atomic E-state index is 0.00138. The summed E-state index contributed by atoms with van der Waals surface area (Å²) in [6.07, 6.45) is -4.34. The van der Waals surface area contributed by atoms with Crippen LogP contribution in [0.25, 0.3) is 11.0 Å². The van der Waals surface area contributed by atoms with Crippen LogP contribution in [-0.4, -0.2) is 28.8 Å². The molecule has 3 nitrogen and oxygen atoms in total. The number of nitrogens with one attached hydrogen (secondary N) is 1. The number of fused-ring (bicyclic) bond motifs is 1. The molecule has 2 heterocycles. The first-order valence-corrected chi connectivity index (χ1v) is 6.63. The number of imidazole rings is 1. The average Bonchev–Trinajstić information content (AvgIpc) is 2.94. The van der Waals surface area contributed by atoms with Crippen molar-refractivity contribution in [1.29, 1.82) is 0 Å². The number of aromatic nitrogens is 2. The van der Waals surface area contributed by atoms with E-state index in [0.717, 1.165) is 0 Å². The van der Waals surface area contributed by atoms with Crippen LogP contribution >= 0.6 is 11.6 Å². The van der Waals surface area contributed by atoms with Crippen molar-refractivity contribution in [2.75, 3.05) is 13.1 Å². The van der Waals surface area contributed by atoms with E-state index >= 15 is 0 Å². The van der Waals surface area contributed by atoms with Gasteiger partial charge in [0.1, 0.15) is 11.2 Å². The predicted octanol–water partition coefficient (Wildman–Crippen LogP) is 3.02. The molecule has 0 saturated carbocycles. The lowest BCUT2D eigenvalue weighted by Crippen LogP contribution is -2.46. The van der Waals surface area contributed by atoms with Gasteiger partial charge in [0.05, 0.1) is 11.0 Å². The van der Waals surface area contributed by atoms with E-state index in [0.29, 0.717) is 22.6 Å². The maximum Gasteiger partial charge on any atom is 0.402 e. The Bertz CT molecular complexity index is 657. The van der Waals surface area contributed by atoms with Gasteiger partial charge in [0, 0.05) is 18.6 Å². The maximum absolute atomic E-state index is 13.6. The van der Waals surface area contributed by atoms with Gasteiger partial charge in [-0.3, -0.25) is 0 Å². The lowest BCUT2D eigenvalue weighted by atomic mass is 9.85. The molecule has 1 atom stereocenters. The first-order chi connectivity index (χ1) is 9.35. The lowest BCUT2D eigenvalue weighted by molar-refractivity contribution is -0.187. The topological polar surface area (TPSA) is 29.9 Å². The van der Waals surface area contributed by atoms with Crippen LogP contribution in [0.2, 0.25) is 5.02 Å². The van der Waals surface area contributed by atoms with Crippen LogP contribution in [0.4, 0.5) is 13.2 Å². The van der Waals surface area contributed by atoms with Gasteiger partial charge >= 0.3 is 6.18 Å². The second kappa shape index (κ2) is 4.36. The molecule has 1 unspecified atom stereocenters. The van der Waals surface area contributed by atoms with Crippen molar-refractivity contribution < 1.29 is 13.2 Å². The Morgan fingerprint density at radius 3 is 2.75 bits per heavy atom. The van der Waals surface area contributed by atoms with Crippen molar-refractivity contribution in [2.24, 2.45) is 7.05 Å². The van der Waals surface area contributed by atoms with E-state index in [9.17, 15) is 13.2 Å². The monoisotopic (exact) mass is 303 g/mol. The zero-order valence-electron chi connectivity index (χ0n) is 10.8. The van der Waals surface area contributed by atoms with E-state index in [-0.39, 0.29) is 18.8 Å². The van der Waals surface area contributed by atoms with Crippen molar-refractivity contribution in [3.8, 4) is 0 Å². The van der Waals surface area contributed by atoms with Gasteiger partial charge in [-0.05, 0) is 31.2 Å². The fourth-order valence-corrected chi connectivity index (χ4v) is 3.02. The van der Waals surface area contributed by atoms with Gasteiger partial charge in [0.2, 0.25) is 0 Å². The highest BCUT2D eigenvalue weighted by atomic mass is 35.5. The summed E-state index contributed by atoms with van der Waals surface area (Å²) in [7, 11) is 1.62. The summed E-state index contributed by atoms with van der Waals surface area (Å²) in [6.45, 7) is 0.199. The minimum Gasteiger partial charge on any atom is -0.330 e. The first-order valence-electron chi connectivity index (χ1n) is 6.25. The molecule has 0 amide bonds. The molecular weight excluding hydrogens is 291 g/mol. The quantitative estimate of drug-likeness (QED) is 0.877. The molecule has 1 aliphatic rings. The molecule has 1 saturated heterocycles. The van der Waals surface area contributed by atoms with E-state index in [1.165, 1.54) is 4.57 Å². The number of alkyl halides is 3. The van der Waals surface area contributed by atoms with Crippen LogP contribution in [0.3, 0.4) is 0 Å². The van der Waals surface area contributed by atoms with Crippen LogP contribution in [0.15, 0.2) is 18.2 Å². The maximum atomic E-state index is 13.6. The highest BCUT2D eigenvalue weighted by Crippen LogP contribution is 2.45. The molecule has 0 aliphatic carbocycles. The third-order valence-corrected chi connectivity index (χ3v) is 4.20. The number of nitrogens with zero attached hydrogens (tertiary/aromatic N) is 2. The van der Waals surface area contributed by atoms with Gasteiger partial charge in [-0.1, -0.05) is 11.6 Å². The Morgan fingerprint density at radius 1 is 1.40 bits per heavy atom. The van der Waals surface area contributed by atoms with E-state index in [4.69, 9.17) is 11.6 Å². The van der Waals surface area contributed by atoms with Gasteiger partial charge in [-0.25, -0.2) is 4.98 Å². The van der Waals surface area contributed by atoms with Crippen LogP contribution in [0.1, 0.15) is 12.2 Å². The highest BCUT2D eigenvalue weighted by molar-refractivity contribution is 6.31. The number of hydrogen-bond acceptors (Lipinski definition) is 2. The second-order valence-electron chi connectivity index (χ2n) is 5.13. The largest absolute Gasteiger partial charge is 0.402 e. The summed E-state index contributed by atoms with van der Waals surface area (Å²) in [4.78, 5) is 4.21. The molecule has 7 heteroatoms. The molecule has 0 radical (unpaired) electrons. The van der Waals surface area contributed by atoms with E-state index in [1.807, 2.05) is 0 Å². The number of rotatable bonds is 1. The van der Waals surface area contributed by atoms with Crippen molar-refractivity contribution in [1.82, 2.24) is 14.9 Å². The molecule has 1 fully saturated rings. The number of benzene rings is 1. The second-order valence-corrected chi connectivity index (χ2v) is 5.57. The van der Waals surface area contributed by atoms with Gasteiger partial charge in [-0.15, -0.1) is 0 Å². The summed E-state index contributed by atoms with van der Waals surface area (Å²) < 4.78 is 42.2. The molecule has 2 aromatic rings. The highest BCUT2D eigenvalue weighted by Gasteiger charge is 2.59. The molecule has 3 rings (SSSR count). The third-order valence-electron chi connectivity index (χ3n) is 3.97. The molecule has 1 N–H and O–H groups in total. The van der Waals surface area contributed by atoms with Crippen molar-refractivity contribution in [3.05, 3.63) is 29.0 Å². The summed E-state index contributed by atoms with van der Waals surface area (Å²) in [5.41, 5.74) is -0.779. The Labute approximate surface area is 118 Å². The standard InChI is InChI=1S/C13H13ClF3N3/c1-20-10-3-2-8(14)6-9(10)19-11(20)12(13(15,16)17)4-5-18-7-12/h2-3,6,18H,4-5,7H2,1H3. The van der Waals surface area contributed by atoms with Crippen LogP contribution in [-0.2, 0) is 12.5 Å². The van der Waals surface area contributed by atoms with Gasteiger partial charge in [-0.2, -0.15) is 13.2 Å². The van der Waals surface area contributed by atoms with Crippen LogP contribution in [0.5, 0.6) is 0 Å². The summed E-state index contributed by atoms with van der Waals surface area (Å²) in [5.74, 6) is 0.0484. The molecule has 1 aromatic carbocycles. The number of aryl methyl sites for hydroxylation is 1. The van der Waals surface area contributed by atoms with Crippen molar-refractivity contribution >= 4 is 22.6 Å². The van der Waals surface area contributed by atoms with E-state index in [2.05, 4.69) is 10.3 Å². The zero-order valence-corrected chi connectivity index (χ0v) is 11.5. The van der Waals surface area contributed by atoms with Crippen LogP contribution in [0, 0.1) is 0 Å². The SMILES string of the molecule is Cn1c(C2(C(F)(F)F)CCNC2)nc2cc(Cl)ccc21. The summed E-state index contributed by atoms with van der Waals surface area (Å²) in [6, 6.07) is 4.94. The molecule has 1 aliphatic heterocycles. The number of halogens is 4. The van der Waals surface area contributed by atoms with E-state index < -0.39 is 11.6 Å².